The van der Waals surface area contributed by atoms with Crippen molar-refractivity contribution >= 4 is 17.5 Å². The number of ketones is 1. The van der Waals surface area contributed by atoms with Crippen LogP contribution < -0.4 is 0 Å². The van der Waals surface area contributed by atoms with Crippen LogP contribution in [0.2, 0.25) is 0 Å². The molecule has 0 heterocycles. The zero-order chi connectivity index (χ0) is 13.0. The van der Waals surface area contributed by atoms with E-state index >= 15 is 0 Å². The molecule has 0 N–H and O–H groups in total. The quantitative estimate of drug-likeness (QED) is 0.600. The Kier molecular flexibility index (Phi) is 4.21. The maximum Gasteiger partial charge on any atom is 0.173 e. The van der Waals surface area contributed by atoms with Crippen LogP contribution in [0.3, 0.4) is 0 Å². The molecule has 0 saturated heterocycles. The standard InChI is InChI=1S/C16H16OS/c1-12-5-3-7-14(9-12)16(17)11-18-15-8-4-6-13(2)10-15/h3-10H,11H2,1-2H3. The Morgan fingerprint density at radius 3 is 2.33 bits per heavy atom. The van der Waals surface area contributed by atoms with Crippen molar-refractivity contribution < 1.29 is 4.79 Å². The molecule has 0 amide bonds. The van der Waals surface area contributed by atoms with Crippen molar-refractivity contribution in [3.05, 3.63) is 65.2 Å². The highest BCUT2D eigenvalue weighted by molar-refractivity contribution is 8.00. The van der Waals surface area contributed by atoms with Gasteiger partial charge in [-0.05, 0) is 32.0 Å². The van der Waals surface area contributed by atoms with E-state index in [9.17, 15) is 4.79 Å². The van der Waals surface area contributed by atoms with E-state index < -0.39 is 0 Å². The van der Waals surface area contributed by atoms with Gasteiger partial charge < -0.3 is 0 Å². The molecule has 0 aliphatic carbocycles. The Balaban J connectivity index is 2.00. The second kappa shape index (κ2) is 5.87. The number of hydrogen-bond donors (Lipinski definition) is 0. The highest BCUT2D eigenvalue weighted by Gasteiger charge is 2.06. The van der Waals surface area contributed by atoms with Crippen LogP contribution in [-0.4, -0.2) is 11.5 Å². The molecule has 2 aromatic carbocycles. The zero-order valence-corrected chi connectivity index (χ0v) is 11.5. The average molecular weight is 256 g/mol. The Hall–Kier alpha value is -1.54. The summed E-state index contributed by atoms with van der Waals surface area (Å²) in [6.45, 7) is 4.07. The second-order valence-electron chi connectivity index (χ2n) is 4.40. The highest BCUT2D eigenvalue weighted by Crippen LogP contribution is 2.20. The first-order valence-electron chi connectivity index (χ1n) is 5.94. The largest absolute Gasteiger partial charge is 0.293 e. The Morgan fingerprint density at radius 2 is 1.67 bits per heavy atom. The van der Waals surface area contributed by atoms with Crippen molar-refractivity contribution in [1.82, 2.24) is 0 Å². The van der Waals surface area contributed by atoms with Crippen LogP contribution in [0.1, 0.15) is 21.5 Å². The average Bonchev–Trinajstić information content (AvgIpc) is 2.36. The molecule has 92 valence electrons. The van der Waals surface area contributed by atoms with Crippen molar-refractivity contribution in [2.24, 2.45) is 0 Å². The van der Waals surface area contributed by atoms with Crippen LogP contribution in [0.5, 0.6) is 0 Å². The molecule has 0 spiro atoms. The van der Waals surface area contributed by atoms with E-state index in [1.165, 1.54) is 5.56 Å². The second-order valence-corrected chi connectivity index (χ2v) is 5.45. The molecule has 0 bridgehead atoms. The lowest BCUT2D eigenvalue weighted by Gasteiger charge is -2.03. The van der Waals surface area contributed by atoms with Crippen molar-refractivity contribution in [1.29, 1.82) is 0 Å². The van der Waals surface area contributed by atoms with E-state index in [0.29, 0.717) is 5.75 Å². The molecule has 0 fully saturated rings. The summed E-state index contributed by atoms with van der Waals surface area (Å²) in [5.41, 5.74) is 3.15. The van der Waals surface area contributed by atoms with Gasteiger partial charge in [-0.25, -0.2) is 0 Å². The van der Waals surface area contributed by atoms with E-state index in [1.54, 1.807) is 11.8 Å². The third kappa shape index (κ3) is 3.47. The molecule has 0 aliphatic heterocycles. The molecular formula is C16H16OS. The number of hydrogen-bond acceptors (Lipinski definition) is 2. The fourth-order valence-electron chi connectivity index (χ4n) is 1.76. The van der Waals surface area contributed by atoms with E-state index in [1.807, 2.05) is 43.3 Å². The minimum Gasteiger partial charge on any atom is -0.293 e. The third-order valence-electron chi connectivity index (χ3n) is 2.70. The summed E-state index contributed by atoms with van der Waals surface area (Å²) in [5, 5.41) is 0. The first kappa shape index (κ1) is 12.9. The summed E-state index contributed by atoms with van der Waals surface area (Å²) in [5.74, 6) is 0.678. The van der Waals surface area contributed by atoms with Crippen molar-refractivity contribution in [2.45, 2.75) is 18.7 Å². The van der Waals surface area contributed by atoms with Gasteiger partial charge in [0.2, 0.25) is 0 Å². The van der Waals surface area contributed by atoms with Crippen molar-refractivity contribution in [2.75, 3.05) is 5.75 Å². The fourth-order valence-corrected chi connectivity index (χ4v) is 2.66. The van der Waals surface area contributed by atoms with Gasteiger partial charge in [-0.15, -0.1) is 11.8 Å². The maximum atomic E-state index is 12.0. The Morgan fingerprint density at radius 1 is 1.00 bits per heavy atom. The van der Waals surface area contributed by atoms with Crippen LogP contribution in [0.4, 0.5) is 0 Å². The molecular weight excluding hydrogens is 240 g/mol. The minimum atomic E-state index is 0.185. The Bertz CT molecular complexity index is 561. The number of benzene rings is 2. The van der Waals surface area contributed by atoms with Gasteiger partial charge in [-0.1, -0.05) is 41.5 Å². The molecule has 18 heavy (non-hydrogen) atoms. The fraction of sp³-hybridized carbons (Fsp3) is 0.188. The molecule has 0 saturated carbocycles. The summed E-state index contributed by atoms with van der Waals surface area (Å²) in [7, 11) is 0. The molecule has 2 heteroatoms. The van der Waals surface area contributed by atoms with Crippen molar-refractivity contribution in [3.63, 3.8) is 0 Å². The first-order valence-corrected chi connectivity index (χ1v) is 6.93. The zero-order valence-electron chi connectivity index (χ0n) is 10.6. The van der Waals surface area contributed by atoms with Crippen LogP contribution in [-0.2, 0) is 0 Å². The minimum absolute atomic E-state index is 0.185. The van der Waals surface area contributed by atoms with Crippen LogP contribution >= 0.6 is 11.8 Å². The lowest BCUT2D eigenvalue weighted by molar-refractivity contribution is 0.102. The lowest BCUT2D eigenvalue weighted by atomic mass is 10.1. The summed E-state index contributed by atoms with van der Waals surface area (Å²) < 4.78 is 0. The summed E-state index contributed by atoms with van der Waals surface area (Å²) in [6.07, 6.45) is 0. The smallest absolute Gasteiger partial charge is 0.173 e. The SMILES string of the molecule is Cc1cccc(SCC(=O)c2cccc(C)c2)c1. The molecule has 0 atom stereocenters. The number of Topliss-reactive ketones (excluding diaryl/α,β-unsaturated/α-hetero) is 1. The first-order chi connectivity index (χ1) is 8.65. The van der Waals surface area contributed by atoms with Crippen LogP contribution in [0, 0.1) is 13.8 Å². The maximum absolute atomic E-state index is 12.0. The Labute approximate surface area is 112 Å². The number of thioether (sulfide) groups is 1. The van der Waals surface area contributed by atoms with Gasteiger partial charge in [0.15, 0.2) is 5.78 Å². The summed E-state index contributed by atoms with van der Waals surface area (Å²) in [6, 6.07) is 16.0. The monoisotopic (exact) mass is 256 g/mol. The number of carbonyl (C=O) groups excluding carboxylic acids is 1. The number of aryl methyl sites for hydroxylation is 2. The number of rotatable bonds is 4. The molecule has 0 aromatic heterocycles. The predicted molar refractivity (Wildman–Crippen MR) is 77.4 cm³/mol. The van der Waals surface area contributed by atoms with E-state index in [4.69, 9.17) is 0 Å². The van der Waals surface area contributed by atoms with Gasteiger partial charge in [0, 0.05) is 10.5 Å². The molecule has 0 radical (unpaired) electrons. The van der Waals surface area contributed by atoms with Crippen molar-refractivity contribution in [3.8, 4) is 0 Å². The molecule has 2 rings (SSSR count). The van der Waals surface area contributed by atoms with Gasteiger partial charge in [0.05, 0.1) is 5.75 Å². The van der Waals surface area contributed by atoms with E-state index in [0.717, 1.165) is 16.0 Å². The highest BCUT2D eigenvalue weighted by atomic mass is 32.2. The van der Waals surface area contributed by atoms with E-state index in [-0.39, 0.29) is 5.78 Å². The van der Waals surface area contributed by atoms with Crippen LogP contribution in [0.25, 0.3) is 0 Å². The normalized spacial score (nSPS) is 10.3. The molecule has 2 aromatic rings. The molecule has 0 aliphatic rings. The lowest BCUT2D eigenvalue weighted by Crippen LogP contribution is -2.02. The van der Waals surface area contributed by atoms with Gasteiger partial charge >= 0.3 is 0 Å². The van der Waals surface area contributed by atoms with Gasteiger partial charge in [-0.2, -0.15) is 0 Å². The summed E-state index contributed by atoms with van der Waals surface area (Å²) in [4.78, 5) is 13.2. The van der Waals surface area contributed by atoms with E-state index in [2.05, 4.69) is 19.1 Å². The third-order valence-corrected chi connectivity index (χ3v) is 3.69. The number of carbonyl (C=O) groups is 1. The van der Waals surface area contributed by atoms with Crippen LogP contribution in [0.15, 0.2) is 53.4 Å². The summed E-state index contributed by atoms with van der Waals surface area (Å²) >= 11 is 1.59. The molecule has 1 nitrogen and oxygen atoms in total. The van der Waals surface area contributed by atoms with Gasteiger partial charge in [0.1, 0.15) is 0 Å². The predicted octanol–water partition coefficient (Wildman–Crippen LogP) is 4.28. The topological polar surface area (TPSA) is 17.1 Å². The van der Waals surface area contributed by atoms with Gasteiger partial charge in [0.25, 0.3) is 0 Å². The van der Waals surface area contributed by atoms with Gasteiger partial charge in [-0.3, -0.25) is 4.79 Å². The molecule has 0 unspecified atom stereocenters.